The lowest BCUT2D eigenvalue weighted by molar-refractivity contribution is 0.669. The Hall–Kier alpha value is -19.1. The van der Waals surface area contributed by atoms with E-state index in [0.29, 0.717) is 0 Å². The van der Waals surface area contributed by atoms with E-state index in [-0.39, 0.29) is 0 Å². The Balaban J connectivity index is 0.000000102. The van der Waals surface area contributed by atoms with Gasteiger partial charge < -0.3 is 31.8 Å². The first-order chi connectivity index (χ1) is 72.4. The third-order valence-corrected chi connectivity index (χ3v) is 31.7. The first-order valence-electron chi connectivity index (χ1n) is 50.1. The highest BCUT2D eigenvalue weighted by molar-refractivity contribution is 7.26. The van der Waals surface area contributed by atoms with E-state index < -0.39 is 0 Å². The largest absolute Gasteiger partial charge is 0.456 e. The number of aromatic nitrogens is 6. The maximum Gasteiger partial charge on any atom is 0.135 e. The number of rotatable bonds is 10. The van der Waals surface area contributed by atoms with Gasteiger partial charge in [0.2, 0.25) is 0 Å². The summed E-state index contributed by atoms with van der Waals surface area (Å²) in [6.07, 6.45) is 0. The van der Waals surface area contributed by atoms with Crippen LogP contribution in [0.2, 0.25) is 0 Å². The van der Waals surface area contributed by atoms with Crippen molar-refractivity contribution in [2.24, 2.45) is 0 Å². The molecule has 8 aromatic heterocycles. The lowest BCUT2D eigenvalue weighted by Crippen LogP contribution is -1.94. The van der Waals surface area contributed by atoms with Crippen LogP contribution in [0.3, 0.4) is 0 Å². The van der Waals surface area contributed by atoms with Crippen molar-refractivity contribution in [2.75, 3.05) is 0 Å². The smallest absolute Gasteiger partial charge is 0.135 e. The number of benzene rings is 24. The molecule has 7 nitrogen and oxygen atoms in total. The summed E-state index contributed by atoms with van der Waals surface area (Å²) >= 11 is 1.88. The van der Waals surface area contributed by atoms with Crippen LogP contribution in [0.25, 0.3) is 284 Å². The summed E-state index contributed by atoms with van der Waals surface area (Å²) in [5, 5.41) is 27.8. The van der Waals surface area contributed by atoms with Gasteiger partial charge >= 0.3 is 0 Å². The number of fused-ring (bicyclic) bond motifs is 30. The molecule has 8 heteroatoms. The van der Waals surface area contributed by atoms with Crippen molar-refractivity contribution in [3.05, 3.63) is 522 Å². The Morgan fingerprint density at radius 1 is 0.130 bits per heavy atom. The Labute approximate surface area is 842 Å². The minimum Gasteiger partial charge on any atom is -0.456 e. The quantitative estimate of drug-likeness (QED) is 0.126. The molecule has 0 bridgehead atoms. The van der Waals surface area contributed by atoms with Gasteiger partial charge in [0, 0.05) is 130 Å². The third-order valence-electron chi connectivity index (χ3n) is 30.5. The van der Waals surface area contributed by atoms with Gasteiger partial charge in [0.15, 0.2) is 0 Å². The summed E-state index contributed by atoms with van der Waals surface area (Å²) in [5.41, 5.74) is 33.2. The van der Waals surface area contributed by atoms with E-state index in [1.54, 1.807) is 0 Å². The fourth-order valence-corrected chi connectivity index (χ4v) is 25.2. The highest BCUT2D eigenvalue weighted by Gasteiger charge is 2.25. The molecule has 0 saturated heterocycles. The molecule has 0 unspecified atom stereocenters. The zero-order chi connectivity index (χ0) is 95.7. The van der Waals surface area contributed by atoms with Crippen LogP contribution in [0.5, 0.6) is 0 Å². The Kier molecular flexibility index (Phi) is 18.9. The molecule has 0 aliphatic heterocycles. The second-order valence-corrected chi connectivity index (χ2v) is 39.5. The minimum atomic E-state index is 0.909. The van der Waals surface area contributed by atoms with E-state index >= 15 is 0 Å². The monoisotopic (exact) mass is 1870 g/mol. The average molecular weight is 1880 g/mol. The molecule has 0 radical (unpaired) electrons. The van der Waals surface area contributed by atoms with Crippen LogP contribution in [0, 0.1) is 0 Å². The van der Waals surface area contributed by atoms with Gasteiger partial charge in [0.1, 0.15) is 11.2 Å². The van der Waals surface area contributed by atoms with Crippen LogP contribution in [0.4, 0.5) is 0 Å². The normalized spacial score (nSPS) is 12.0. The zero-order valence-corrected chi connectivity index (χ0v) is 80.0. The van der Waals surface area contributed by atoms with E-state index in [0.717, 1.165) is 27.6 Å². The molecule has 0 atom stereocenters. The molecule has 8 heterocycles. The van der Waals surface area contributed by atoms with Crippen molar-refractivity contribution in [1.82, 2.24) is 27.4 Å². The molecule has 680 valence electrons. The Bertz CT molecular complexity index is 11000. The molecular formula is C138H86N6OS. The minimum absolute atomic E-state index is 0.909. The van der Waals surface area contributed by atoms with Gasteiger partial charge in [-0.3, -0.25) is 0 Å². The lowest BCUT2D eigenvalue weighted by atomic mass is 9.94. The summed E-state index contributed by atoms with van der Waals surface area (Å²) in [6, 6.07) is 190. The molecule has 0 fully saturated rings. The van der Waals surface area contributed by atoms with Gasteiger partial charge in [-0.1, -0.05) is 322 Å². The number of para-hydroxylation sites is 10. The number of hydrogen-bond donors (Lipinski definition) is 0. The number of nitrogens with zero attached hydrogens (tertiary/aromatic N) is 6. The average Bonchev–Trinajstić information content (AvgIpc) is 1.68. The molecular weight excluding hydrogens is 1790 g/mol. The SMILES string of the molecule is c1ccc(-n2c3ccccc3c3cc(-c4ccc5c(c4)c4ccccc4n5-c4ccc5c6ccccc6c6ccccc6c5c4)ccc32)cc1.c1ccc(-n2c3ccccc3c3cc(-c4ccc5c(c4)c4ccccc4n5-c4ccc5oc6ccccc6c5c4)ccc32)cc1.c1ccc(-n2c3ccccc3c3cc(-c4ccc5c(c4)c4ccccc4n5-c4cccc(-c5cccc6c5sc5ccccc56)c4)ccc32)cc1. The number of hydrogen-bond acceptors (Lipinski definition) is 2. The third kappa shape index (κ3) is 13.1. The fourth-order valence-electron chi connectivity index (χ4n) is 24.0. The van der Waals surface area contributed by atoms with E-state index in [2.05, 4.69) is 537 Å². The standard InChI is InChI=1S/C48H30N2S.C48H30N2.C42H26N2O/c1-2-13-34(14-3-1)49-43-21-7-4-16-37(43)41-29-31(24-26-45(41)49)32-25-27-46-42(30-32)38-17-5-8-22-44(38)50(46)35-15-10-12-33(28-35)36-19-11-20-40-39-18-6-9-23-47(39)51-48(36)40;1-2-12-33(13-3-1)49-45-20-10-8-18-40(45)43-28-31(22-26-47(43)49)32-23-27-48-44(29-32)41-19-9-11-21-46(41)50(48)34-24-25-39-37-16-5-4-14-35(37)36-15-6-7-17-38(36)42(39)30-34;1-2-10-29(11-3-1)43-37-15-7-4-12-31(37)34-24-27(18-21-39(34)43)28-19-22-40-35(25-28)32-13-5-8-16-38(32)44(40)30-20-23-42-36(26-30)33-14-6-9-17-41(33)45-42/h1-30H;1-30H;1-26H. The lowest BCUT2D eigenvalue weighted by Gasteiger charge is -2.14. The molecule has 0 aliphatic rings. The van der Waals surface area contributed by atoms with E-state index in [9.17, 15) is 0 Å². The van der Waals surface area contributed by atoms with Gasteiger partial charge in [-0.2, -0.15) is 0 Å². The van der Waals surface area contributed by atoms with E-state index in [4.69, 9.17) is 4.42 Å². The first kappa shape index (κ1) is 82.7. The van der Waals surface area contributed by atoms with Gasteiger partial charge in [-0.05, 0) is 277 Å². The second-order valence-electron chi connectivity index (χ2n) is 38.4. The van der Waals surface area contributed by atoms with Crippen molar-refractivity contribution < 1.29 is 4.42 Å². The Morgan fingerprint density at radius 2 is 0.390 bits per heavy atom. The van der Waals surface area contributed by atoms with Crippen molar-refractivity contribution in [3.8, 4) is 78.6 Å². The summed E-state index contributed by atoms with van der Waals surface area (Å²) in [5.74, 6) is 0. The number of furan rings is 1. The van der Waals surface area contributed by atoms with Crippen LogP contribution in [0.1, 0.15) is 0 Å². The van der Waals surface area contributed by atoms with Crippen LogP contribution >= 0.6 is 11.3 Å². The fraction of sp³-hybridized carbons (Fsp3) is 0. The molecule has 0 saturated carbocycles. The predicted molar refractivity (Wildman–Crippen MR) is 620 cm³/mol. The summed E-state index contributed by atoms with van der Waals surface area (Å²) < 4.78 is 23.2. The van der Waals surface area contributed by atoms with Crippen molar-refractivity contribution in [2.45, 2.75) is 0 Å². The zero-order valence-electron chi connectivity index (χ0n) is 79.2. The van der Waals surface area contributed by atoms with Crippen molar-refractivity contribution in [1.29, 1.82) is 0 Å². The molecule has 0 N–H and O–H groups in total. The summed E-state index contributed by atoms with van der Waals surface area (Å²) in [7, 11) is 0. The van der Waals surface area contributed by atoms with Crippen LogP contribution < -0.4 is 0 Å². The molecule has 146 heavy (non-hydrogen) atoms. The predicted octanol–water partition coefficient (Wildman–Crippen LogP) is 38.0. The van der Waals surface area contributed by atoms with Crippen molar-refractivity contribution in [3.63, 3.8) is 0 Å². The van der Waals surface area contributed by atoms with Crippen molar-refractivity contribution >= 4 is 217 Å². The second kappa shape index (κ2) is 33.3. The molecule has 0 spiro atoms. The van der Waals surface area contributed by atoms with Crippen LogP contribution in [-0.2, 0) is 0 Å². The molecule has 24 aromatic carbocycles. The molecule has 32 aromatic rings. The Morgan fingerprint density at radius 3 is 0.774 bits per heavy atom. The maximum absolute atomic E-state index is 6.14. The molecule has 0 amide bonds. The highest BCUT2D eigenvalue weighted by atomic mass is 32.1. The van der Waals surface area contributed by atoms with Crippen LogP contribution in [0.15, 0.2) is 526 Å². The highest BCUT2D eigenvalue weighted by Crippen LogP contribution is 2.48. The van der Waals surface area contributed by atoms with Gasteiger partial charge in [-0.25, -0.2) is 0 Å². The van der Waals surface area contributed by atoms with Gasteiger partial charge in [0.25, 0.3) is 0 Å². The van der Waals surface area contributed by atoms with E-state index in [1.165, 1.54) is 256 Å². The number of thiophene rings is 1. The molecule has 32 rings (SSSR count). The topological polar surface area (TPSA) is 42.7 Å². The van der Waals surface area contributed by atoms with Crippen LogP contribution in [-0.4, -0.2) is 27.4 Å². The maximum atomic E-state index is 6.14. The molecule has 0 aliphatic carbocycles. The summed E-state index contributed by atoms with van der Waals surface area (Å²) in [4.78, 5) is 0. The van der Waals surface area contributed by atoms with E-state index in [1.807, 2.05) is 23.5 Å². The summed E-state index contributed by atoms with van der Waals surface area (Å²) in [6.45, 7) is 0. The van der Waals surface area contributed by atoms with Gasteiger partial charge in [-0.15, -0.1) is 11.3 Å². The van der Waals surface area contributed by atoms with Gasteiger partial charge in [0.05, 0.1) is 66.2 Å². The first-order valence-corrected chi connectivity index (χ1v) is 50.9.